The maximum absolute atomic E-state index is 11.7. The first kappa shape index (κ1) is 17.6. The van der Waals surface area contributed by atoms with E-state index in [1.165, 1.54) is 16.0 Å². The van der Waals surface area contributed by atoms with Gasteiger partial charge in [-0.3, -0.25) is 0 Å². The van der Waals surface area contributed by atoms with E-state index in [-0.39, 0.29) is 6.04 Å². The van der Waals surface area contributed by atoms with E-state index >= 15 is 0 Å². The van der Waals surface area contributed by atoms with Gasteiger partial charge in [0.2, 0.25) is 0 Å². The van der Waals surface area contributed by atoms with E-state index in [0.29, 0.717) is 11.5 Å². The fourth-order valence-corrected chi connectivity index (χ4v) is 5.71. The van der Waals surface area contributed by atoms with Crippen molar-refractivity contribution in [2.24, 2.45) is 0 Å². The van der Waals surface area contributed by atoms with Crippen LogP contribution in [0.25, 0.3) is 0 Å². The molecule has 0 spiro atoms. The molecule has 2 fully saturated rings. The predicted molar refractivity (Wildman–Crippen MR) is 101 cm³/mol. The van der Waals surface area contributed by atoms with Gasteiger partial charge in [-0.1, -0.05) is 12.1 Å². The lowest BCUT2D eigenvalue weighted by Crippen LogP contribution is -3.18. The van der Waals surface area contributed by atoms with E-state index < -0.39 is 9.84 Å². The Balaban J connectivity index is 1.55. The summed E-state index contributed by atoms with van der Waals surface area (Å²) in [5.41, 5.74) is 3.46. The highest BCUT2D eigenvalue weighted by atomic mass is 32.2. The molecule has 5 nitrogen and oxygen atoms in total. The van der Waals surface area contributed by atoms with Crippen LogP contribution in [0.1, 0.15) is 17.5 Å². The number of piperazine rings is 1. The summed E-state index contributed by atoms with van der Waals surface area (Å²) in [4.78, 5) is 3.62. The third kappa shape index (κ3) is 4.07. The van der Waals surface area contributed by atoms with Crippen molar-refractivity contribution in [3.8, 4) is 0 Å². The van der Waals surface area contributed by atoms with Gasteiger partial charge in [0.15, 0.2) is 14.9 Å². The largest absolute Gasteiger partial charge is 0.338 e. The van der Waals surface area contributed by atoms with E-state index in [9.17, 15) is 8.42 Å². The molecule has 0 unspecified atom stereocenters. The van der Waals surface area contributed by atoms with Crippen LogP contribution in [0.5, 0.6) is 0 Å². The summed E-state index contributed by atoms with van der Waals surface area (Å²) < 4.78 is 23.3. The first-order chi connectivity index (χ1) is 11.3. The summed E-state index contributed by atoms with van der Waals surface area (Å²) in [7, 11) is -2.80. The number of benzene rings is 1. The van der Waals surface area contributed by atoms with Gasteiger partial charge in [0, 0.05) is 12.1 Å². The molecule has 0 amide bonds. The summed E-state index contributed by atoms with van der Waals surface area (Å²) in [6.07, 6.45) is 0.808. The summed E-state index contributed by atoms with van der Waals surface area (Å²) in [6, 6.07) is 6.59. The van der Waals surface area contributed by atoms with Gasteiger partial charge in [-0.25, -0.2) is 8.42 Å². The Morgan fingerprint density at radius 2 is 2.00 bits per heavy atom. The molecule has 2 aliphatic rings. The van der Waals surface area contributed by atoms with Crippen molar-refractivity contribution in [2.45, 2.75) is 26.3 Å². The van der Waals surface area contributed by atoms with Gasteiger partial charge in [-0.2, -0.15) is 0 Å². The fourth-order valence-electron chi connectivity index (χ4n) is 3.59. The van der Waals surface area contributed by atoms with Gasteiger partial charge < -0.3 is 15.1 Å². The predicted octanol–water partition coefficient (Wildman–Crippen LogP) is 0.388. The van der Waals surface area contributed by atoms with Crippen molar-refractivity contribution in [1.29, 1.82) is 0 Å². The Morgan fingerprint density at radius 1 is 1.29 bits per heavy atom. The van der Waals surface area contributed by atoms with Crippen LogP contribution in [-0.2, 0) is 9.84 Å². The summed E-state index contributed by atoms with van der Waals surface area (Å²) in [5, 5.41) is 4.14. The Hall–Kier alpha value is -1.18. The number of anilines is 1. The lowest BCUT2D eigenvalue weighted by atomic mass is 10.1. The Bertz CT molecular complexity index is 725. The van der Waals surface area contributed by atoms with Crippen LogP contribution >= 0.6 is 12.2 Å². The molecule has 2 saturated heterocycles. The average molecular weight is 369 g/mol. The van der Waals surface area contributed by atoms with Crippen LogP contribution in [-0.4, -0.2) is 62.2 Å². The van der Waals surface area contributed by atoms with Crippen LogP contribution in [0.2, 0.25) is 0 Å². The smallest absolute Gasteiger partial charge is 0.173 e. The zero-order chi connectivity index (χ0) is 17.3. The van der Waals surface area contributed by atoms with Gasteiger partial charge in [0.05, 0.1) is 31.9 Å². The van der Waals surface area contributed by atoms with Crippen LogP contribution in [0.4, 0.5) is 5.69 Å². The molecular formula is C17H26N3O2S2+. The van der Waals surface area contributed by atoms with Crippen LogP contribution in [0.3, 0.4) is 0 Å². The summed E-state index contributed by atoms with van der Waals surface area (Å²) in [6.45, 7) is 7.81. The standard InChI is InChI=1S/C17H25N3O2S2/c1-13-3-4-14(2)16(11-13)18-17(23)20-8-6-19(7-9-20)15-5-10-24(21,22)12-15/h3-4,11,15H,5-10,12H2,1-2H3,(H,18,23)/p+1/t15-/m0/s1. The first-order valence-electron chi connectivity index (χ1n) is 8.52. The maximum atomic E-state index is 11.7. The zero-order valence-corrected chi connectivity index (χ0v) is 16.0. The van der Waals surface area contributed by atoms with Gasteiger partial charge in [-0.15, -0.1) is 0 Å². The number of rotatable bonds is 2. The van der Waals surface area contributed by atoms with Crippen LogP contribution in [0, 0.1) is 13.8 Å². The zero-order valence-electron chi connectivity index (χ0n) is 14.3. The lowest BCUT2D eigenvalue weighted by molar-refractivity contribution is -0.925. The average Bonchev–Trinajstić information content (AvgIpc) is 2.91. The van der Waals surface area contributed by atoms with Crippen LogP contribution < -0.4 is 10.2 Å². The quantitative estimate of drug-likeness (QED) is 0.740. The molecule has 1 atom stereocenters. The molecule has 0 saturated carbocycles. The van der Waals surface area contributed by atoms with Crippen molar-refractivity contribution in [2.75, 3.05) is 43.0 Å². The van der Waals surface area contributed by atoms with E-state index in [2.05, 4.69) is 42.3 Å². The molecular weight excluding hydrogens is 342 g/mol. The molecule has 0 bridgehead atoms. The van der Waals surface area contributed by atoms with Gasteiger partial charge >= 0.3 is 0 Å². The minimum atomic E-state index is -2.80. The third-order valence-electron chi connectivity index (χ3n) is 5.14. The number of quaternary nitrogens is 1. The third-order valence-corrected chi connectivity index (χ3v) is 7.27. The molecule has 0 radical (unpaired) electrons. The van der Waals surface area contributed by atoms with Gasteiger partial charge in [-0.05, 0) is 43.3 Å². The highest BCUT2D eigenvalue weighted by molar-refractivity contribution is 7.91. The van der Waals surface area contributed by atoms with E-state index in [4.69, 9.17) is 12.2 Å². The molecule has 1 aromatic carbocycles. The highest BCUT2D eigenvalue weighted by Gasteiger charge is 2.37. The first-order valence-corrected chi connectivity index (χ1v) is 10.8. The second-order valence-corrected chi connectivity index (χ2v) is 9.61. The molecule has 2 N–H and O–H groups in total. The van der Waals surface area contributed by atoms with Gasteiger partial charge in [0.1, 0.15) is 11.8 Å². The molecule has 3 rings (SSSR count). The molecule has 132 valence electrons. The van der Waals surface area contributed by atoms with Crippen molar-refractivity contribution < 1.29 is 13.3 Å². The second kappa shape index (κ2) is 6.98. The number of hydrogen-bond donors (Lipinski definition) is 2. The highest BCUT2D eigenvalue weighted by Crippen LogP contribution is 2.17. The number of thiocarbonyl (C=S) groups is 1. The molecule has 0 aliphatic carbocycles. The molecule has 0 aromatic heterocycles. The Morgan fingerprint density at radius 3 is 2.62 bits per heavy atom. The molecule has 7 heteroatoms. The normalized spacial score (nSPS) is 24.1. The minimum Gasteiger partial charge on any atom is -0.338 e. The molecule has 1 aromatic rings. The Kier molecular flexibility index (Phi) is 5.13. The minimum absolute atomic E-state index is 0.276. The van der Waals surface area contributed by atoms with Crippen molar-refractivity contribution >= 4 is 32.9 Å². The van der Waals surface area contributed by atoms with E-state index in [1.807, 2.05) is 0 Å². The van der Waals surface area contributed by atoms with E-state index in [1.54, 1.807) is 0 Å². The number of aryl methyl sites for hydroxylation is 2. The van der Waals surface area contributed by atoms with Crippen molar-refractivity contribution in [3.05, 3.63) is 29.3 Å². The maximum Gasteiger partial charge on any atom is 0.173 e. The number of nitrogens with zero attached hydrogens (tertiary/aromatic N) is 1. The fraction of sp³-hybridized carbons (Fsp3) is 0.588. The molecule has 2 aliphatic heterocycles. The van der Waals surface area contributed by atoms with Crippen LogP contribution in [0.15, 0.2) is 18.2 Å². The monoisotopic (exact) mass is 368 g/mol. The van der Waals surface area contributed by atoms with E-state index in [0.717, 1.165) is 43.4 Å². The number of sulfone groups is 1. The SMILES string of the molecule is Cc1ccc(C)c(NC(=S)N2CC[NH+]([C@H]3CCS(=O)(=O)C3)CC2)c1. The Labute approximate surface area is 149 Å². The molecule has 24 heavy (non-hydrogen) atoms. The summed E-state index contributed by atoms with van der Waals surface area (Å²) >= 11 is 5.58. The lowest BCUT2D eigenvalue weighted by Gasteiger charge is -2.36. The topological polar surface area (TPSA) is 53.9 Å². The summed E-state index contributed by atoms with van der Waals surface area (Å²) in [5.74, 6) is 0.713. The number of nitrogens with one attached hydrogen (secondary N) is 2. The molecule has 2 heterocycles. The van der Waals surface area contributed by atoms with Gasteiger partial charge in [0.25, 0.3) is 0 Å². The van der Waals surface area contributed by atoms with Crippen molar-refractivity contribution in [1.82, 2.24) is 4.90 Å². The van der Waals surface area contributed by atoms with Crippen molar-refractivity contribution in [3.63, 3.8) is 0 Å². The second-order valence-electron chi connectivity index (χ2n) is 6.99. The number of hydrogen-bond acceptors (Lipinski definition) is 3.